The Bertz CT molecular complexity index is 2160. The van der Waals surface area contributed by atoms with Crippen LogP contribution in [0.15, 0.2) is 66.4 Å². The number of Topliss-reactive ketones (excluding diaryl/α,β-unsaturated/α-hetero) is 2. The van der Waals surface area contributed by atoms with E-state index in [4.69, 9.17) is 28.4 Å². The highest BCUT2D eigenvalue weighted by Gasteiger charge is 2.56. The first-order chi connectivity index (χ1) is 33.0. The van der Waals surface area contributed by atoms with Gasteiger partial charge in [0.1, 0.15) is 35.9 Å². The Hall–Kier alpha value is -4.18. The summed E-state index contributed by atoms with van der Waals surface area (Å²) in [5.41, 5.74) is 2.80. The van der Waals surface area contributed by atoms with Crippen LogP contribution < -0.4 is 4.74 Å². The third-order valence-electron chi connectivity index (χ3n) is 15.3. The largest absolute Gasteiger partial charge is 0.488 e. The molecule has 1 amide bonds. The van der Waals surface area contributed by atoms with Crippen LogP contribution >= 0.6 is 0 Å². The number of rotatable bonds is 11. The minimum atomic E-state index is -2.52. The van der Waals surface area contributed by atoms with Crippen molar-refractivity contribution in [2.45, 2.75) is 180 Å². The molecular formula is C55H80N2O12. The number of aliphatic hydroxyl groups excluding tert-OH is 1. The zero-order valence-electron chi connectivity index (χ0n) is 42.6. The lowest BCUT2D eigenvalue weighted by Crippen LogP contribution is -2.64. The third-order valence-corrected chi connectivity index (χ3v) is 15.3. The van der Waals surface area contributed by atoms with E-state index in [1.807, 2.05) is 32.9 Å². The monoisotopic (exact) mass is 961 g/mol. The van der Waals surface area contributed by atoms with Crippen molar-refractivity contribution < 1.29 is 57.8 Å². The summed E-state index contributed by atoms with van der Waals surface area (Å²) in [5.74, 6) is -6.95. The van der Waals surface area contributed by atoms with E-state index in [0.717, 1.165) is 35.2 Å². The maximum atomic E-state index is 14.6. The Morgan fingerprint density at radius 2 is 1.68 bits per heavy atom. The highest BCUT2D eigenvalue weighted by molar-refractivity contribution is 6.39. The number of fused-ring (bicyclic) bond motifs is 4. The Kier molecular flexibility index (Phi) is 19.1. The zero-order valence-corrected chi connectivity index (χ0v) is 42.6. The van der Waals surface area contributed by atoms with E-state index in [1.165, 1.54) is 19.1 Å². The predicted molar refractivity (Wildman–Crippen MR) is 263 cm³/mol. The van der Waals surface area contributed by atoms with Crippen LogP contribution in [0, 0.1) is 29.6 Å². The molecule has 1 aromatic carbocycles. The Morgan fingerprint density at radius 3 is 2.38 bits per heavy atom. The zero-order chi connectivity index (χ0) is 50.2. The number of methoxy groups -OCH3 is 2. The summed E-state index contributed by atoms with van der Waals surface area (Å²) in [6.07, 6.45) is 8.02. The molecule has 69 heavy (non-hydrogen) atoms. The molecule has 3 aliphatic heterocycles. The first-order valence-electron chi connectivity index (χ1n) is 25.5. The molecule has 14 nitrogen and oxygen atoms in total. The van der Waals surface area contributed by atoms with Gasteiger partial charge >= 0.3 is 5.97 Å². The van der Waals surface area contributed by atoms with Crippen LogP contribution in [0.1, 0.15) is 119 Å². The number of piperidine rings is 1. The van der Waals surface area contributed by atoms with E-state index in [1.54, 1.807) is 19.9 Å². The number of ether oxygens (including phenoxy) is 6. The van der Waals surface area contributed by atoms with Crippen molar-refractivity contribution >= 4 is 34.3 Å². The van der Waals surface area contributed by atoms with Gasteiger partial charge in [-0.3, -0.25) is 14.4 Å². The van der Waals surface area contributed by atoms with Gasteiger partial charge in [-0.1, -0.05) is 44.6 Å². The Balaban J connectivity index is 1.31. The molecule has 0 spiro atoms. The fourth-order valence-electron chi connectivity index (χ4n) is 11.4. The summed E-state index contributed by atoms with van der Waals surface area (Å²) in [5, 5.41) is 25.2. The lowest BCUT2D eigenvalue weighted by Gasteiger charge is -2.47. The second-order valence-corrected chi connectivity index (χ2v) is 20.4. The number of amides is 1. The van der Waals surface area contributed by atoms with E-state index < -0.39 is 77.8 Å². The number of hydrogen-bond donors (Lipinski definition) is 2. The average Bonchev–Trinajstić information content (AvgIpc) is 3.75. The number of aryl methyl sites for hydroxylation is 1. The predicted octanol–water partition coefficient (Wildman–Crippen LogP) is 8.09. The number of benzene rings is 1. The van der Waals surface area contributed by atoms with E-state index in [9.17, 15) is 29.4 Å². The van der Waals surface area contributed by atoms with Crippen molar-refractivity contribution in [3.05, 3.63) is 66.4 Å². The first-order valence-corrected chi connectivity index (χ1v) is 25.5. The molecule has 382 valence electrons. The van der Waals surface area contributed by atoms with Crippen LogP contribution in [0.5, 0.6) is 5.75 Å². The molecule has 0 radical (unpaired) electrons. The molecule has 1 saturated carbocycles. The summed E-state index contributed by atoms with van der Waals surface area (Å²) in [4.78, 5) is 58.8. The highest BCUT2D eigenvalue weighted by atomic mass is 16.7. The number of aliphatic hydroxyl groups is 2. The number of allylic oxidation sites excluding steroid dienone is 4. The van der Waals surface area contributed by atoms with Gasteiger partial charge in [0.15, 0.2) is 0 Å². The van der Waals surface area contributed by atoms with Crippen molar-refractivity contribution in [3.63, 3.8) is 0 Å². The lowest BCUT2D eigenvalue weighted by atomic mass is 9.81. The molecule has 2 aromatic rings. The van der Waals surface area contributed by atoms with Gasteiger partial charge in [-0.2, -0.15) is 0 Å². The number of carbonyl (C=O) groups excluding carboxylic acids is 4. The van der Waals surface area contributed by atoms with Gasteiger partial charge < -0.3 is 48.1 Å². The molecule has 2 saturated heterocycles. The molecule has 4 aliphatic rings. The van der Waals surface area contributed by atoms with Crippen LogP contribution in [-0.2, 0) is 49.4 Å². The van der Waals surface area contributed by atoms with E-state index in [2.05, 4.69) is 55.5 Å². The third kappa shape index (κ3) is 12.7. The van der Waals surface area contributed by atoms with Crippen molar-refractivity contribution in [2.75, 3.05) is 27.4 Å². The molecule has 2 bridgehead atoms. The van der Waals surface area contributed by atoms with Gasteiger partial charge in [0, 0.05) is 75.2 Å². The first kappa shape index (κ1) is 54.2. The van der Waals surface area contributed by atoms with E-state index >= 15 is 0 Å². The van der Waals surface area contributed by atoms with Crippen LogP contribution in [-0.4, -0.2) is 125 Å². The topological polar surface area (TPSA) is 172 Å². The van der Waals surface area contributed by atoms with Gasteiger partial charge in [0.25, 0.3) is 11.7 Å². The molecule has 1 aliphatic carbocycles. The smallest absolute Gasteiger partial charge is 0.329 e. The van der Waals surface area contributed by atoms with Crippen LogP contribution in [0.3, 0.4) is 0 Å². The maximum Gasteiger partial charge on any atom is 0.329 e. The number of hydrogen-bond acceptors (Lipinski definition) is 12. The number of esters is 1. The van der Waals surface area contributed by atoms with Gasteiger partial charge in [0.05, 0.1) is 24.4 Å². The SMILES string of the molecule is C=CCC1/C=C(\C)CC(C)CC(OC)C2OC(O)(C(=O)C(=O)N3CCCCC3C(=O)OC(C(C)=CC3CCC(Oc4ccc5c(ccn5CC)c4)C(OCC)C3)C(C)C(O)CC1=O)C(C)CC2OC. The number of aromatic nitrogens is 1. The highest BCUT2D eigenvalue weighted by Crippen LogP contribution is 2.40. The summed E-state index contributed by atoms with van der Waals surface area (Å²) < 4.78 is 39.7. The molecule has 6 rings (SSSR count). The molecular weight excluding hydrogens is 881 g/mol. The van der Waals surface area contributed by atoms with Crippen molar-refractivity contribution in [1.29, 1.82) is 0 Å². The van der Waals surface area contributed by atoms with Gasteiger partial charge in [-0.25, -0.2) is 4.79 Å². The Labute approximate surface area is 409 Å². The molecule has 2 N–H and O–H groups in total. The molecule has 1 aromatic heterocycles. The van der Waals surface area contributed by atoms with Gasteiger partial charge in [-0.05, 0) is 134 Å². The number of ketones is 2. The van der Waals surface area contributed by atoms with Crippen LogP contribution in [0.4, 0.5) is 0 Å². The lowest BCUT2D eigenvalue weighted by molar-refractivity contribution is -0.302. The van der Waals surface area contributed by atoms with Crippen LogP contribution in [0.25, 0.3) is 10.9 Å². The second kappa shape index (κ2) is 24.3. The van der Waals surface area contributed by atoms with Gasteiger partial charge in [-0.15, -0.1) is 6.58 Å². The van der Waals surface area contributed by atoms with Gasteiger partial charge in [0.2, 0.25) is 5.79 Å². The van der Waals surface area contributed by atoms with Crippen molar-refractivity contribution in [3.8, 4) is 5.75 Å². The quantitative estimate of drug-likeness (QED) is 0.126. The minimum Gasteiger partial charge on any atom is -0.488 e. The van der Waals surface area contributed by atoms with Crippen molar-refractivity contribution in [1.82, 2.24) is 9.47 Å². The fraction of sp³-hybridized carbons (Fsp3) is 0.673. The fourth-order valence-corrected chi connectivity index (χ4v) is 11.4. The summed E-state index contributed by atoms with van der Waals surface area (Å²) in [6.45, 7) is 18.8. The summed E-state index contributed by atoms with van der Waals surface area (Å²) in [7, 11) is 3.07. The number of nitrogens with zero attached hydrogens (tertiary/aromatic N) is 2. The van der Waals surface area contributed by atoms with Crippen LogP contribution in [0.2, 0.25) is 0 Å². The minimum absolute atomic E-state index is 0.00449. The Morgan fingerprint density at radius 1 is 0.942 bits per heavy atom. The van der Waals surface area contributed by atoms with E-state index in [-0.39, 0.29) is 55.6 Å². The molecule has 14 heteroatoms. The second-order valence-electron chi connectivity index (χ2n) is 20.4. The van der Waals surface area contributed by atoms with Crippen molar-refractivity contribution in [2.24, 2.45) is 29.6 Å². The molecule has 4 heterocycles. The molecule has 14 unspecified atom stereocenters. The maximum absolute atomic E-state index is 14.6. The summed E-state index contributed by atoms with van der Waals surface area (Å²) in [6, 6.07) is 7.11. The standard InChI is InChI=1S/C55H80N2O12/c1-11-16-40-26-33(4)25-34(5)27-48(64-9)51-49(65-10)29-36(7)55(63,69-51)52(60)53(61)57-23-15-14-17-43(57)54(62)68-50(37(8)44(58)32-45(40)59)35(6)28-38-18-21-46(47(30-38)66-13-3)67-41-19-20-42-39(31-41)22-24-56(42)12-2/h11,19-20,22,24,26,28,31,34,36-38,40,43-44,46-51,58,63H,1,12-18,21,23,25,27,29-30,32H2,2-10H3/b33-26+,35-28?. The normalized spacial score (nSPS) is 35.9. The molecule has 14 atom stereocenters. The molecule has 3 fully saturated rings. The number of cyclic esters (lactones) is 1. The average molecular weight is 961 g/mol. The summed E-state index contributed by atoms with van der Waals surface area (Å²) >= 11 is 0. The van der Waals surface area contributed by atoms with E-state index in [0.29, 0.717) is 57.1 Å². The number of carbonyl (C=O) groups is 4.